The van der Waals surface area contributed by atoms with Gasteiger partial charge in [-0.25, -0.2) is 9.98 Å². The first-order chi connectivity index (χ1) is 11.3. The van der Waals surface area contributed by atoms with E-state index in [-0.39, 0.29) is 0 Å². The molecule has 0 aliphatic rings. The van der Waals surface area contributed by atoms with Gasteiger partial charge < -0.3 is 4.42 Å². The number of halogens is 1. The smallest absolute Gasteiger partial charge is 0.168 e. The lowest BCUT2D eigenvalue weighted by atomic mass is 10.3. The van der Waals surface area contributed by atoms with E-state index in [1.54, 1.807) is 37.1 Å². The molecule has 4 rings (SSSR count). The quantitative estimate of drug-likeness (QED) is 0.525. The van der Waals surface area contributed by atoms with Crippen LogP contribution in [0.2, 0.25) is 5.02 Å². The van der Waals surface area contributed by atoms with E-state index in [9.17, 15) is 0 Å². The van der Waals surface area contributed by atoms with E-state index < -0.39 is 0 Å². The molecule has 5 nitrogen and oxygen atoms in total. The Morgan fingerprint density at radius 1 is 1.13 bits per heavy atom. The van der Waals surface area contributed by atoms with E-state index in [0.717, 1.165) is 11.2 Å². The van der Waals surface area contributed by atoms with Gasteiger partial charge >= 0.3 is 0 Å². The Bertz CT molecular complexity index is 975. The van der Waals surface area contributed by atoms with Gasteiger partial charge in [0.25, 0.3) is 0 Å². The number of hydrogen-bond donors (Lipinski definition) is 0. The highest BCUT2D eigenvalue weighted by Gasteiger charge is 2.15. The molecule has 0 atom stereocenters. The highest BCUT2D eigenvalue weighted by atomic mass is 35.5. The van der Waals surface area contributed by atoms with E-state index in [2.05, 4.69) is 15.0 Å². The van der Waals surface area contributed by atoms with E-state index in [1.165, 1.54) is 0 Å². The average Bonchev–Trinajstić information content (AvgIpc) is 3.21. The molecule has 0 unspecified atom stereocenters. The minimum atomic E-state index is 0.612. The van der Waals surface area contributed by atoms with Crippen molar-refractivity contribution in [2.75, 3.05) is 0 Å². The van der Waals surface area contributed by atoms with Crippen LogP contribution in [-0.4, -0.2) is 20.6 Å². The molecule has 0 aromatic carbocycles. The van der Waals surface area contributed by atoms with Gasteiger partial charge in [-0.15, -0.1) is 0 Å². The summed E-state index contributed by atoms with van der Waals surface area (Å²) in [6, 6.07) is 11.1. The van der Waals surface area contributed by atoms with Crippen molar-refractivity contribution in [2.24, 2.45) is 4.99 Å². The third kappa shape index (κ3) is 2.62. The van der Waals surface area contributed by atoms with E-state index in [1.807, 2.05) is 34.7 Å². The molecular weight excluding hydrogens is 312 g/mol. The maximum Gasteiger partial charge on any atom is 0.168 e. The van der Waals surface area contributed by atoms with Crippen LogP contribution >= 0.6 is 11.6 Å². The van der Waals surface area contributed by atoms with Crippen molar-refractivity contribution >= 4 is 29.3 Å². The molecule has 112 valence electrons. The van der Waals surface area contributed by atoms with Crippen LogP contribution in [0.5, 0.6) is 0 Å². The summed E-state index contributed by atoms with van der Waals surface area (Å²) in [6.07, 6.45) is 8.61. The number of aromatic nitrogens is 3. The predicted molar refractivity (Wildman–Crippen MR) is 89.4 cm³/mol. The lowest BCUT2D eigenvalue weighted by molar-refractivity contribution is 0.580. The molecule has 4 aromatic rings. The zero-order valence-electron chi connectivity index (χ0n) is 11.9. The predicted octanol–water partition coefficient (Wildman–Crippen LogP) is 4.39. The fourth-order valence-corrected chi connectivity index (χ4v) is 2.45. The Morgan fingerprint density at radius 2 is 2.00 bits per heavy atom. The van der Waals surface area contributed by atoms with E-state index in [0.29, 0.717) is 22.3 Å². The van der Waals surface area contributed by atoms with E-state index >= 15 is 0 Å². The molecule has 0 saturated heterocycles. The van der Waals surface area contributed by atoms with Crippen molar-refractivity contribution in [3.63, 3.8) is 0 Å². The third-order valence-electron chi connectivity index (χ3n) is 3.35. The summed E-state index contributed by atoms with van der Waals surface area (Å²) in [6.45, 7) is 0. The summed E-state index contributed by atoms with van der Waals surface area (Å²) in [7, 11) is 0. The molecule has 0 N–H and O–H groups in total. The van der Waals surface area contributed by atoms with Gasteiger partial charge in [-0.05, 0) is 42.0 Å². The van der Waals surface area contributed by atoms with Gasteiger partial charge in [0.05, 0.1) is 11.3 Å². The fraction of sp³-hybridized carbons (Fsp3) is 0. The zero-order chi connectivity index (χ0) is 15.6. The molecule has 6 heteroatoms. The minimum absolute atomic E-state index is 0.612. The van der Waals surface area contributed by atoms with Crippen molar-refractivity contribution in [2.45, 2.75) is 0 Å². The Balaban J connectivity index is 1.90. The van der Waals surface area contributed by atoms with Crippen LogP contribution in [0.15, 0.2) is 70.7 Å². The van der Waals surface area contributed by atoms with Crippen LogP contribution in [-0.2, 0) is 0 Å². The molecule has 4 aromatic heterocycles. The van der Waals surface area contributed by atoms with Crippen LogP contribution in [0.3, 0.4) is 0 Å². The zero-order valence-corrected chi connectivity index (χ0v) is 12.7. The third-order valence-corrected chi connectivity index (χ3v) is 3.58. The summed E-state index contributed by atoms with van der Waals surface area (Å²) in [5.41, 5.74) is 2.37. The van der Waals surface area contributed by atoms with Crippen LogP contribution in [0, 0.1) is 0 Å². The standard InChI is InChI=1S/C17H11ClN4O/c18-13-3-4-15-21-16(14-2-1-9-23-14)17(22(15)11-13)20-10-12-5-7-19-8-6-12/h1-11H. The van der Waals surface area contributed by atoms with Gasteiger partial charge in [-0.1, -0.05) is 11.6 Å². The Hall–Kier alpha value is -2.92. The number of fused-ring (bicyclic) bond motifs is 1. The second-order valence-electron chi connectivity index (χ2n) is 4.88. The second kappa shape index (κ2) is 5.70. The first kappa shape index (κ1) is 13.7. The molecule has 0 aliphatic carbocycles. The van der Waals surface area contributed by atoms with Gasteiger partial charge in [-0.2, -0.15) is 0 Å². The molecule has 0 amide bonds. The highest BCUT2D eigenvalue weighted by Crippen LogP contribution is 2.32. The molecule has 0 aliphatic heterocycles. The maximum absolute atomic E-state index is 6.11. The molecule has 23 heavy (non-hydrogen) atoms. The number of furan rings is 1. The van der Waals surface area contributed by atoms with Crippen LogP contribution in [0.1, 0.15) is 5.56 Å². The lowest BCUT2D eigenvalue weighted by Gasteiger charge is -1.99. The minimum Gasteiger partial charge on any atom is -0.463 e. The average molecular weight is 323 g/mol. The molecule has 0 fully saturated rings. The number of imidazole rings is 1. The Morgan fingerprint density at radius 3 is 2.78 bits per heavy atom. The SMILES string of the molecule is Clc1ccc2nc(-c3ccco3)c(N=Cc3ccncc3)n2c1. The molecule has 0 spiro atoms. The highest BCUT2D eigenvalue weighted by molar-refractivity contribution is 6.30. The van der Waals surface area contributed by atoms with Gasteiger partial charge in [0.15, 0.2) is 17.3 Å². The summed E-state index contributed by atoms with van der Waals surface area (Å²) in [5.74, 6) is 1.32. The summed E-state index contributed by atoms with van der Waals surface area (Å²) < 4.78 is 7.32. The Kier molecular flexibility index (Phi) is 3.40. The summed E-state index contributed by atoms with van der Waals surface area (Å²) >= 11 is 6.11. The van der Waals surface area contributed by atoms with Gasteiger partial charge in [0.2, 0.25) is 0 Å². The van der Waals surface area contributed by atoms with Crippen molar-refractivity contribution in [1.29, 1.82) is 0 Å². The van der Waals surface area contributed by atoms with Crippen LogP contribution in [0.25, 0.3) is 17.1 Å². The normalized spacial score (nSPS) is 11.5. The van der Waals surface area contributed by atoms with Crippen molar-refractivity contribution in [1.82, 2.24) is 14.4 Å². The topological polar surface area (TPSA) is 55.7 Å². The fourth-order valence-electron chi connectivity index (χ4n) is 2.29. The number of aliphatic imine (C=N–C) groups is 1. The number of hydrogen-bond acceptors (Lipinski definition) is 4. The van der Waals surface area contributed by atoms with Crippen LogP contribution < -0.4 is 0 Å². The molecular formula is C17H11ClN4O. The first-order valence-corrected chi connectivity index (χ1v) is 7.34. The van der Waals surface area contributed by atoms with Crippen molar-refractivity contribution < 1.29 is 4.42 Å². The monoisotopic (exact) mass is 322 g/mol. The molecule has 4 heterocycles. The van der Waals surface area contributed by atoms with Gasteiger partial charge in [-0.3, -0.25) is 9.38 Å². The van der Waals surface area contributed by atoms with Crippen molar-refractivity contribution in [3.05, 3.63) is 71.8 Å². The second-order valence-corrected chi connectivity index (χ2v) is 5.31. The maximum atomic E-state index is 6.11. The van der Waals surface area contributed by atoms with Crippen molar-refractivity contribution in [3.8, 4) is 11.5 Å². The Labute approximate surface area is 136 Å². The first-order valence-electron chi connectivity index (χ1n) is 6.97. The summed E-state index contributed by atoms with van der Waals surface area (Å²) in [4.78, 5) is 13.2. The summed E-state index contributed by atoms with van der Waals surface area (Å²) in [5, 5.41) is 0.612. The number of pyridine rings is 2. The largest absolute Gasteiger partial charge is 0.463 e. The number of rotatable bonds is 3. The van der Waals surface area contributed by atoms with Crippen LogP contribution in [0.4, 0.5) is 5.82 Å². The van der Waals surface area contributed by atoms with Gasteiger partial charge in [0, 0.05) is 24.8 Å². The molecule has 0 radical (unpaired) electrons. The molecule has 0 saturated carbocycles. The lowest BCUT2D eigenvalue weighted by Crippen LogP contribution is -1.85. The molecule has 0 bridgehead atoms. The van der Waals surface area contributed by atoms with E-state index in [4.69, 9.17) is 16.0 Å². The number of nitrogens with zero attached hydrogens (tertiary/aromatic N) is 4. The van der Waals surface area contributed by atoms with Gasteiger partial charge in [0.1, 0.15) is 5.65 Å².